The zero-order valence-corrected chi connectivity index (χ0v) is 23.4. The van der Waals surface area contributed by atoms with Crippen LogP contribution in [0.3, 0.4) is 0 Å². The zero-order chi connectivity index (χ0) is 26.9. The molecule has 10 heteroatoms. The van der Waals surface area contributed by atoms with Gasteiger partial charge >= 0.3 is 5.69 Å². The molecule has 3 aromatic heterocycles. The molecule has 5 aromatic rings. The Morgan fingerprint density at radius 1 is 0.974 bits per heavy atom. The van der Waals surface area contributed by atoms with E-state index in [0.717, 1.165) is 63.5 Å². The maximum Gasteiger partial charge on any atom is 0.328 e. The summed E-state index contributed by atoms with van der Waals surface area (Å²) in [6.07, 6.45) is 3.76. The molecular weight excluding hydrogens is 502 g/mol. The first-order chi connectivity index (χ1) is 18.0. The van der Waals surface area contributed by atoms with Gasteiger partial charge in [0.25, 0.3) is 0 Å². The number of rotatable bonds is 3. The first-order valence-electron chi connectivity index (χ1n) is 12.8. The van der Waals surface area contributed by atoms with Crippen molar-refractivity contribution in [1.82, 2.24) is 28.5 Å². The Morgan fingerprint density at radius 2 is 1.71 bits per heavy atom. The summed E-state index contributed by atoms with van der Waals surface area (Å²) >= 11 is 6.88. The maximum absolute atomic E-state index is 13.0. The lowest BCUT2D eigenvalue weighted by atomic mass is 9.95. The number of hydrogen-bond acceptors (Lipinski definition) is 5. The number of fused-ring (bicyclic) bond motifs is 2. The number of aromatic nitrogens is 6. The predicted octanol–water partition coefficient (Wildman–Crippen LogP) is 4.40. The number of hydrogen-bond donors (Lipinski definition) is 0. The van der Waals surface area contributed by atoms with Gasteiger partial charge in [-0.05, 0) is 24.3 Å². The molecule has 6 rings (SSSR count). The molecule has 0 unspecified atom stereocenters. The molecule has 0 spiro atoms. The molecule has 0 N–H and O–H groups in total. The first kappa shape index (κ1) is 24.8. The number of aryl methyl sites for hydroxylation is 3. The van der Waals surface area contributed by atoms with E-state index in [1.54, 1.807) is 13.8 Å². The zero-order valence-electron chi connectivity index (χ0n) is 22.6. The van der Waals surface area contributed by atoms with E-state index in [9.17, 15) is 4.79 Å². The Kier molecular flexibility index (Phi) is 5.70. The third kappa shape index (κ3) is 3.84. The second kappa shape index (κ2) is 8.74. The van der Waals surface area contributed by atoms with Crippen molar-refractivity contribution in [2.45, 2.75) is 26.2 Å². The summed E-state index contributed by atoms with van der Waals surface area (Å²) in [4.78, 5) is 20.5. The van der Waals surface area contributed by atoms with Gasteiger partial charge in [0.1, 0.15) is 5.82 Å². The fourth-order valence-electron chi connectivity index (χ4n) is 5.43. The van der Waals surface area contributed by atoms with Crippen LogP contribution in [0, 0.1) is 0 Å². The highest BCUT2D eigenvalue weighted by atomic mass is 35.5. The number of imidazole rings is 2. The van der Waals surface area contributed by atoms with Gasteiger partial charge in [0.2, 0.25) is 0 Å². The molecule has 0 amide bonds. The van der Waals surface area contributed by atoms with Gasteiger partial charge in [-0.2, -0.15) is 5.10 Å². The van der Waals surface area contributed by atoms with Crippen molar-refractivity contribution < 1.29 is 4.74 Å². The standard InChI is InChI=1S/C28H32ClN7O2/c1-28(2,3)26-31-21-13-19(17-15-30-32(4)16-17)20(29)14-22(21)36(26)18-11-23-25(34(6)27(37)33(23)5)24(12-18)35-7-9-38-10-8-35/h11-16H,7-10H2,1-6H3. The highest BCUT2D eigenvalue weighted by Crippen LogP contribution is 2.38. The molecule has 9 nitrogen and oxygen atoms in total. The molecule has 1 aliphatic rings. The smallest absolute Gasteiger partial charge is 0.328 e. The molecule has 4 heterocycles. The molecule has 0 saturated carbocycles. The molecule has 0 radical (unpaired) electrons. The largest absolute Gasteiger partial charge is 0.378 e. The lowest BCUT2D eigenvalue weighted by Gasteiger charge is -2.30. The second-order valence-electron chi connectivity index (χ2n) is 11.1. The minimum atomic E-state index is -0.253. The summed E-state index contributed by atoms with van der Waals surface area (Å²) in [7, 11) is 5.55. The van der Waals surface area contributed by atoms with Gasteiger partial charge in [-0.25, -0.2) is 9.78 Å². The molecular formula is C28H32ClN7O2. The number of nitrogens with zero attached hydrogens (tertiary/aromatic N) is 7. The molecule has 0 bridgehead atoms. The number of morpholine rings is 1. The van der Waals surface area contributed by atoms with Crippen LogP contribution in [0.4, 0.5) is 5.69 Å². The summed E-state index contributed by atoms with van der Waals surface area (Å²) in [6.45, 7) is 9.31. The number of halogens is 1. The summed E-state index contributed by atoms with van der Waals surface area (Å²) in [5.74, 6) is 0.917. The highest BCUT2D eigenvalue weighted by molar-refractivity contribution is 6.34. The van der Waals surface area contributed by atoms with E-state index in [1.165, 1.54) is 0 Å². The van der Waals surface area contributed by atoms with Gasteiger partial charge in [-0.3, -0.25) is 18.4 Å². The van der Waals surface area contributed by atoms with Gasteiger partial charge in [0, 0.05) is 57.0 Å². The van der Waals surface area contributed by atoms with Gasteiger partial charge < -0.3 is 9.64 Å². The van der Waals surface area contributed by atoms with Crippen LogP contribution in [-0.4, -0.2) is 54.8 Å². The van der Waals surface area contributed by atoms with Crippen molar-refractivity contribution in [3.05, 3.63) is 58.0 Å². The quantitative estimate of drug-likeness (QED) is 0.343. The molecule has 1 aliphatic heterocycles. The van der Waals surface area contributed by atoms with E-state index >= 15 is 0 Å². The van der Waals surface area contributed by atoms with Crippen LogP contribution >= 0.6 is 11.6 Å². The van der Waals surface area contributed by atoms with E-state index in [-0.39, 0.29) is 11.1 Å². The third-order valence-corrected chi connectivity index (χ3v) is 7.68. The summed E-state index contributed by atoms with van der Waals surface area (Å²) in [6, 6.07) is 8.29. The van der Waals surface area contributed by atoms with E-state index < -0.39 is 0 Å². The minimum absolute atomic E-state index is 0.0534. The molecule has 0 atom stereocenters. The lowest BCUT2D eigenvalue weighted by Crippen LogP contribution is -2.36. The number of anilines is 1. The molecule has 1 fully saturated rings. The van der Waals surface area contributed by atoms with Gasteiger partial charge in [0.05, 0.1) is 57.9 Å². The minimum Gasteiger partial charge on any atom is -0.378 e. The molecule has 0 aliphatic carbocycles. The van der Waals surface area contributed by atoms with E-state index in [2.05, 4.69) is 47.5 Å². The van der Waals surface area contributed by atoms with Crippen molar-refractivity contribution >= 4 is 39.4 Å². The Balaban J connectivity index is 1.66. The summed E-state index contributed by atoms with van der Waals surface area (Å²) in [5, 5.41) is 4.95. The Labute approximate surface area is 225 Å². The van der Waals surface area contributed by atoms with Crippen LogP contribution in [-0.2, 0) is 31.3 Å². The molecule has 2 aromatic carbocycles. The Hall–Kier alpha value is -3.56. The molecule has 38 heavy (non-hydrogen) atoms. The van der Waals surface area contributed by atoms with Crippen LogP contribution in [0.2, 0.25) is 5.02 Å². The van der Waals surface area contributed by atoms with Crippen LogP contribution in [0.1, 0.15) is 26.6 Å². The average Bonchev–Trinajstić information content (AvgIpc) is 3.55. The molecule has 198 valence electrons. The van der Waals surface area contributed by atoms with E-state index in [0.29, 0.717) is 18.2 Å². The monoisotopic (exact) mass is 533 g/mol. The van der Waals surface area contributed by atoms with Gasteiger partial charge in [0.15, 0.2) is 0 Å². The van der Waals surface area contributed by atoms with Crippen LogP contribution in [0.5, 0.6) is 0 Å². The van der Waals surface area contributed by atoms with Gasteiger partial charge in [-0.15, -0.1) is 0 Å². The van der Waals surface area contributed by atoms with Gasteiger partial charge in [-0.1, -0.05) is 32.4 Å². The van der Waals surface area contributed by atoms with Crippen molar-refractivity contribution in [3.8, 4) is 16.8 Å². The number of benzene rings is 2. The van der Waals surface area contributed by atoms with Crippen molar-refractivity contribution in [3.63, 3.8) is 0 Å². The summed E-state index contributed by atoms with van der Waals surface area (Å²) in [5.41, 5.74) is 7.05. The van der Waals surface area contributed by atoms with Crippen LogP contribution < -0.4 is 10.6 Å². The fraction of sp³-hybridized carbons (Fsp3) is 0.393. The Morgan fingerprint density at radius 3 is 2.37 bits per heavy atom. The van der Waals surface area contributed by atoms with E-state index in [1.807, 2.05) is 45.7 Å². The van der Waals surface area contributed by atoms with Crippen molar-refractivity contribution in [2.75, 3.05) is 31.2 Å². The first-order valence-corrected chi connectivity index (χ1v) is 13.2. The summed E-state index contributed by atoms with van der Waals surface area (Å²) < 4.78 is 13.0. The maximum atomic E-state index is 13.0. The second-order valence-corrected chi connectivity index (χ2v) is 11.5. The average molecular weight is 534 g/mol. The Bertz CT molecular complexity index is 1760. The lowest BCUT2D eigenvalue weighted by molar-refractivity contribution is 0.123. The van der Waals surface area contributed by atoms with Crippen LogP contribution in [0.25, 0.3) is 38.9 Å². The van der Waals surface area contributed by atoms with Crippen LogP contribution in [0.15, 0.2) is 41.5 Å². The van der Waals surface area contributed by atoms with E-state index in [4.69, 9.17) is 21.3 Å². The van der Waals surface area contributed by atoms with Crippen molar-refractivity contribution in [1.29, 1.82) is 0 Å². The topological polar surface area (TPSA) is 75.0 Å². The highest BCUT2D eigenvalue weighted by Gasteiger charge is 2.27. The fourth-order valence-corrected chi connectivity index (χ4v) is 5.70. The third-order valence-electron chi connectivity index (χ3n) is 7.37. The molecule has 1 saturated heterocycles. The predicted molar refractivity (Wildman–Crippen MR) is 152 cm³/mol. The normalized spacial score (nSPS) is 14.8. The SMILES string of the molecule is Cn1cc(-c2cc3nc(C(C)(C)C)n(-c4cc(N5CCOCC5)c5c(c4)n(C)c(=O)n5C)c3cc2Cl)cn1. The number of ether oxygens (including phenoxy) is 1. The van der Waals surface area contributed by atoms with Crippen molar-refractivity contribution in [2.24, 2.45) is 21.1 Å².